The molecule has 0 bridgehead atoms. The van der Waals surface area contributed by atoms with Crippen LogP contribution in [-0.4, -0.2) is 19.0 Å². The van der Waals surface area contributed by atoms with Crippen molar-refractivity contribution < 1.29 is 4.79 Å². The number of benzene rings is 2. The third kappa shape index (κ3) is 2.83. The number of nitrogens with one attached hydrogen (secondary N) is 1. The van der Waals surface area contributed by atoms with Gasteiger partial charge in [0.1, 0.15) is 0 Å². The highest BCUT2D eigenvalue weighted by molar-refractivity contribution is 5.82. The van der Waals surface area contributed by atoms with Crippen LogP contribution in [0.2, 0.25) is 0 Å². The standard InChI is InChI=1S/C20H22N2O/c23-20(14-22-13-12-16-7-2-4-11-19(16)22)21-18-10-5-8-15-6-1-3-9-17(15)18/h1-4,6-7,9,11,18H,5,8,10,12-14H2,(H,21,23)/t18-/m0/s1. The van der Waals surface area contributed by atoms with Gasteiger partial charge in [-0.3, -0.25) is 4.79 Å². The zero-order valence-electron chi connectivity index (χ0n) is 13.3. The number of fused-ring (bicyclic) bond motifs is 2. The molecule has 1 atom stereocenters. The summed E-state index contributed by atoms with van der Waals surface area (Å²) in [7, 11) is 0. The number of carbonyl (C=O) groups excluding carboxylic acids is 1. The highest BCUT2D eigenvalue weighted by Gasteiger charge is 2.24. The molecule has 2 aliphatic rings. The Labute approximate surface area is 137 Å². The van der Waals surface area contributed by atoms with Crippen LogP contribution in [0.15, 0.2) is 48.5 Å². The van der Waals surface area contributed by atoms with E-state index in [0.717, 1.165) is 32.2 Å². The molecule has 23 heavy (non-hydrogen) atoms. The molecule has 2 aromatic rings. The van der Waals surface area contributed by atoms with Crippen LogP contribution in [0.5, 0.6) is 0 Å². The van der Waals surface area contributed by atoms with Crippen molar-refractivity contribution in [2.45, 2.75) is 31.7 Å². The van der Waals surface area contributed by atoms with Gasteiger partial charge in [-0.15, -0.1) is 0 Å². The lowest BCUT2D eigenvalue weighted by molar-refractivity contribution is -0.120. The number of nitrogens with zero attached hydrogens (tertiary/aromatic N) is 1. The van der Waals surface area contributed by atoms with E-state index in [-0.39, 0.29) is 11.9 Å². The molecule has 4 rings (SSSR count). The lowest BCUT2D eigenvalue weighted by atomic mass is 9.88. The number of hydrogen-bond donors (Lipinski definition) is 1. The molecule has 0 radical (unpaired) electrons. The molecule has 1 amide bonds. The quantitative estimate of drug-likeness (QED) is 0.944. The van der Waals surface area contributed by atoms with Gasteiger partial charge in [0.05, 0.1) is 12.6 Å². The summed E-state index contributed by atoms with van der Waals surface area (Å²) >= 11 is 0. The molecule has 0 spiro atoms. The van der Waals surface area contributed by atoms with E-state index in [1.807, 2.05) is 6.07 Å². The molecule has 118 valence electrons. The van der Waals surface area contributed by atoms with Crippen LogP contribution in [0.25, 0.3) is 0 Å². The van der Waals surface area contributed by atoms with Gasteiger partial charge in [-0.2, -0.15) is 0 Å². The van der Waals surface area contributed by atoms with Gasteiger partial charge in [0.15, 0.2) is 0 Å². The molecule has 3 heteroatoms. The van der Waals surface area contributed by atoms with E-state index < -0.39 is 0 Å². The molecule has 1 heterocycles. The fourth-order valence-electron chi connectivity index (χ4n) is 3.89. The van der Waals surface area contributed by atoms with Crippen molar-refractivity contribution in [3.63, 3.8) is 0 Å². The second-order valence-electron chi connectivity index (χ2n) is 6.51. The maximum absolute atomic E-state index is 12.5. The van der Waals surface area contributed by atoms with Gasteiger partial charge in [-0.05, 0) is 48.4 Å². The number of hydrogen-bond acceptors (Lipinski definition) is 2. The number of amides is 1. The van der Waals surface area contributed by atoms with Gasteiger partial charge in [0.25, 0.3) is 0 Å². The third-order valence-corrected chi connectivity index (χ3v) is 5.02. The molecule has 1 N–H and O–H groups in total. The topological polar surface area (TPSA) is 32.3 Å². The number of anilines is 1. The molecule has 0 fully saturated rings. The zero-order valence-corrected chi connectivity index (χ0v) is 13.3. The van der Waals surface area contributed by atoms with Gasteiger partial charge in [-0.1, -0.05) is 42.5 Å². The highest BCUT2D eigenvalue weighted by Crippen LogP contribution is 2.30. The van der Waals surface area contributed by atoms with Crippen molar-refractivity contribution in [1.82, 2.24) is 5.32 Å². The normalized spacial score (nSPS) is 19.1. The van der Waals surface area contributed by atoms with Crippen molar-refractivity contribution in [3.8, 4) is 0 Å². The van der Waals surface area contributed by atoms with Crippen molar-refractivity contribution >= 4 is 11.6 Å². The first-order valence-electron chi connectivity index (χ1n) is 8.51. The van der Waals surface area contributed by atoms with Crippen LogP contribution >= 0.6 is 0 Å². The van der Waals surface area contributed by atoms with E-state index in [1.54, 1.807) is 0 Å². The minimum atomic E-state index is 0.128. The molecule has 0 unspecified atom stereocenters. The first-order chi connectivity index (χ1) is 11.3. The van der Waals surface area contributed by atoms with Gasteiger partial charge >= 0.3 is 0 Å². The fourth-order valence-corrected chi connectivity index (χ4v) is 3.89. The summed E-state index contributed by atoms with van der Waals surface area (Å²) in [5, 5.41) is 3.25. The summed E-state index contributed by atoms with van der Waals surface area (Å²) in [4.78, 5) is 14.7. The van der Waals surface area contributed by atoms with Gasteiger partial charge < -0.3 is 10.2 Å². The van der Waals surface area contributed by atoms with E-state index >= 15 is 0 Å². The summed E-state index contributed by atoms with van der Waals surface area (Å²) in [6, 6.07) is 17.1. The van der Waals surface area contributed by atoms with Crippen LogP contribution in [0, 0.1) is 0 Å². The molecule has 0 saturated carbocycles. The highest BCUT2D eigenvalue weighted by atomic mass is 16.2. The number of rotatable bonds is 3. The van der Waals surface area contributed by atoms with E-state index in [9.17, 15) is 4.79 Å². The third-order valence-electron chi connectivity index (χ3n) is 5.02. The van der Waals surface area contributed by atoms with Crippen molar-refractivity contribution in [2.75, 3.05) is 18.0 Å². The van der Waals surface area contributed by atoms with Gasteiger partial charge in [-0.25, -0.2) is 0 Å². The predicted octanol–water partition coefficient (Wildman–Crippen LogP) is 3.24. The Morgan fingerprint density at radius 3 is 2.74 bits per heavy atom. The van der Waals surface area contributed by atoms with Crippen molar-refractivity contribution in [1.29, 1.82) is 0 Å². The minimum Gasteiger partial charge on any atom is -0.362 e. The minimum absolute atomic E-state index is 0.128. The Balaban J connectivity index is 1.44. The van der Waals surface area contributed by atoms with Crippen LogP contribution < -0.4 is 10.2 Å². The van der Waals surface area contributed by atoms with Crippen molar-refractivity contribution in [3.05, 3.63) is 65.2 Å². The van der Waals surface area contributed by atoms with Crippen LogP contribution in [-0.2, 0) is 17.6 Å². The molecule has 1 aliphatic carbocycles. The smallest absolute Gasteiger partial charge is 0.240 e. The molecular weight excluding hydrogens is 284 g/mol. The summed E-state index contributed by atoms with van der Waals surface area (Å²) < 4.78 is 0. The largest absolute Gasteiger partial charge is 0.362 e. The summed E-state index contributed by atoms with van der Waals surface area (Å²) in [5.74, 6) is 0.128. The maximum Gasteiger partial charge on any atom is 0.240 e. The predicted molar refractivity (Wildman–Crippen MR) is 92.6 cm³/mol. The molecule has 3 nitrogen and oxygen atoms in total. The second-order valence-corrected chi connectivity index (χ2v) is 6.51. The average Bonchev–Trinajstić information content (AvgIpc) is 2.98. The first-order valence-corrected chi connectivity index (χ1v) is 8.51. The van der Waals surface area contributed by atoms with E-state index in [4.69, 9.17) is 0 Å². The SMILES string of the molecule is O=C(CN1CCc2ccccc21)N[C@H]1CCCc2ccccc21. The molecule has 2 aromatic carbocycles. The van der Waals surface area contributed by atoms with Crippen molar-refractivity contribution in [2.24, 2.45) is 0 Å². The van der Waals surface area contributed by atoms with Crippen LogP contribution in [0.1, 0.15) is 35.6 Å². The summed E-state index contributed by atoms with van der Waals surface area (Å²) in [6.45, 7) is 1.39. The Bertz CT molecular complexity index is 725. The van der Waals surface area contributed by atoms with Crippen LogP contribution in [0.4, 0.5) is 5.69 Å². The Morgan fingerprint density at radius 2 is 1.83 bits per heavy atom. The lowest BCUT2D eigenvalue weighted by Gasteiger charge is -2.27. The molecule has 0 saturated heterocycles. The number of aryl methyl sites for hydroxylation is 1. The van der Waals surface area contributed by atoms with E-state index in [2.05, 4.69) is 52.7 Å². The second kappa shape index (κ2) is 6.07. The molecule has 0 aromatic heterocycles. The first kappa shape index (κ1) is 14.3. The zero-order chi connectivity index (χ0) is 15.6. The number of carbonyl (C=O) groups is 1. The van der Waals surface area contributed by atoms with Gasteiger partial charge in [0, 0.05) is 12.2 Å². The summed E-state index contributed by atoms with van der Waals surface area (Å²) in [6.07, 6.45) is 4.35. The molecular formula is C20H22N2O. The van der Waals surface area contributed by atoms with Crippen LogP contribution in [0.3, 0.4) is 0 Å². The van der Waals surface area contributed by atoms with E-state index in [1.165, 1.54) is 22.4 Å². The average molecular weight is 306 g/mol. The van der Waals surface area contributed by atoms with E-state index in [0.29, 0.717) is 6.54 Å². The number of para-hydroxylation sites is 1. The lowest BCUT2D eigenvalue weighted by Crippen LogP contribution is -2.39. The Morgan fingerprint density at radius 1 is 1.04 bits per heavy atom. The Hall–Kier alpha value is -2.29. The fraction of sp³-hybridized carbons (Fsp3) is 0.350. The maximum atomic E-state index is 12.5. The molecule has 1 aliphatic heterocycles. The Kier molecular flexibility index (Phi) is 3.78. The monoisotopic (exact) mass is 306 g/mol. The summed E-state index contributed by atoms with van der Waals surface area (Å²) in [5.41, 5.74) is 5.25. The van der Waals surface area contributed by atoms with Gasteiger partial charge in [0.2, 0.25) is 5.91 Å².